The summed E-state index contributed by atoms with van der Waals surface area (Å²) >= 11 is 0. The Balaban J connectivity index is 1.47. The zero-order chi connectivity index (χ0) is 23.5. The van der Waals surface area contributed by atoms with E-state index in [1.165, 1.54) is 0 Å². The number of aromatic nitrogens is 3. The van der Waals surface area contributed by atoms with E-state index in [9.17, 15) is 4.79 Å². The number of aromatic amines is 1. The molecule has 170 valence electrons. The average molecular weight is 454 g/mol. The van der Waals surface area contributed by atoms with Crippen LogP contribution in [0.4, 0.5) is 0 Å². The van der Waals surface area contributed by atoms with E-state index in [-0.39, 0.29) is 11.7 Å². The van der Waals surface area contributed by atoms with Crippen molar-refractivity contribution in [1.82, 2.24) is 15.2 Å². The van der Waals surface area contributed by atoms with Crippen molar-refractivity contribution in [2.24, 2.45) is 11.5 Å². The van der Waals surface area contributed by atoms with Crippen molar-refractivity contribution in [3.05, 3.63) is 90.6 Å². The first kappa shape index (κ1) is 21.4. The van der Waals surface area contributed by atoms with Crippen LogP contribution in [0, 0.1) is 0 Å². The van der Waals surface area contributed by atoms with Crippen LogP contribution in [0.15, 0.2) is 83.8 Å². The van der Waals surface area contributed by atoms with Gasteiger partial charge in [0.15, 0.2) is 5.69 Å². The maximum atomic E-state index is 11.8. The lowest BCUT2D eigenvalue weighted by Crippen LogP contribution is -2.30. The molecular formula is C26H23N5O3. The highest BCUT2D eigenvalue weighted by Crippen LogP contribution is 2.35. The fourth-order valence-corrected chi connectivity index (χ4v) is 3.92. The standard InChI is InChI=1S/C26H23N5O3/c27-19(10-16-4-2-1-3-5-16)15-34-20-12-21(24(29-13-20)18-8-9-33-14-18)17-6-7-23-22(11-17)25(26(28)32)31-30-23/h1-9,11-14,19H,10,15,27H2,(H2,28,32)(H,30,31)/t19-/m0/s1. The molecule has 0 unspecified atom stereocenters. The Labute approximate surface area is 195 Å². The molecule has 0 fully saturated rings. The first-order chi connectivity index (χ1) is 16.6. The zero-order valence-corrected chi connectivity index (χ0v) is 18.3. The molecule has 2 aromatic carbocycles. The lowest BCUT2D eigenvalue weighted by molar-refractivity contribution is 0.0997. The van der Waals surface area contributed by atoms with Gasteiger partial charge in [-0.1, -0.05) is 36.4 Å². The minimum Gasteiger partial charge on any atom is -0.490 e. The molecule has 0 aliphatic rings. The van der Waals surface area contributed by atoms with Crippen LogP contribution in [0.25, 0.3) is 33.3 Å². The van der Waals surface area contributed by atoms with E-state index in [1.807, 2.05) is 60.7 Å². The second kappa shape index (κ2) is 9.21. The number of pyridine rings is 1. The van der Waals surface area contributed by atoms with Gasteiger partial charge in [0.2, 0.25) is 0 Å². The Morgan fingerprint density at radius 1 is 1.09 bits per heavy atom. The van der Waals surface area contributed by atoms with Gasteiger partial charge in [-0.25, -0.2) is 0 Å². The number of primary amides is 1. The fraction of sp³-hybridized carbons (Fsp3) is 0.115. The van der Waals surface area contributed by atoms with Gasteiger partial charge in [0.25, 0.3) is 5.91 Å². The lowest BCUT2D eigenvalue weighted by atomic mass is 9.99. The molecule has 8 nitrogen and oxygen atoms in total. The molecule has 0 aliphatic carbocycles. The van der Waals surface area contributed by atoms with Crippen molar-refractivity contribution in [2.45, 2.75) is 12.5 Å². The Kier molecular flexibility index (Phi) is 5.80. The monoisotopic (exact) mass is 453 g/mol. The molecular weight excluding hydrogens is 430 g/mol. The van der Waals surface area contributed by atoms with Gasteiger partial charge in [0.1, 0.15) is 12.4 Å². The van der Waals surface area contributed by atoms with Gasteiger partial charge in [-0.3, -0.25) is 14.9 Å². The summed E-state index contributed by atoms with van der Waals surface area (Å²) < 4.78 is 11.3. The number of nitrogens with two attached hydrogens (primary N) is 2. The molecule has 0 saturated carbocycles. The largest absolute Gasteiger partial charge is 0.490 e. The smallest absolute Gasteiger partial charge is 0.269 e. The van der Waals surface area contributed by atoms with E-state index in [4.69, 9.17) is 20.6 Å². The molecule has 0 bridgehead atoms. The van der Waals surface area contributed by atoms with Crippen molar-refractivity contribution in [3.63, 3.8) is 0 Å². The van der Waals surface area contributed by atoms with Gasteiger partial charge in [-0.2, -0.15) is 5.10 Å². The molecule has 0 saturated heterocycles. The molecule has 34 heavy (non-hydrogen) atoms. The maximum Gasteiger partial charge on any atom is 0.269 e. The van der Waals surface area contributed by atoms with Crippen LogP contribution in [0.5, 0.6) is 5.75 Å². The molecule has 3 aromatic heterocycles. The zero-order valence-electron chi connectivity index (χ0n) is 18.3. The second-order valence-electron chi connectivity index (χ2n) is 8.04. The predicted molar refractivity (Wildman–Crippen MR) is 129 cm³/mol. The highest BCUT2D eigenvalue weighted by molar-refractivity contribution is 6.05. The van der Waals surface area contributed by atoms with Gasteiger partial charge >= 0.3 is 0 Å². The van der Waals surface area contributed by atoms with Gasteiger partial charge in [0, 0.05) is 22.6 Å². The van der Waals surface area contributed by atoms with Crippen LogP contribution in [-0.4, -0.2) is 33.7 Å². The number of amides is 1. The van der Waals surface area contributed by atoms with E-state index in [1.54, 1.807) is 18.7 Å². The molecule has 1 amide bonds. The van der Waals surface area contributed by atoms with Crippen molar-refractivity contribution < 1.29 is 13.9 Å². The number of fused-ring (bicyclic) bond motifs is 1. The van der Waals surface area contributed by atoms with E-state index >= 15 is 0 Å². The number of nitrogens with zero attached hydrogens (tertiary/aromatic N) is 2. The summed E-state index contributed by atoms with van der Waals surface area (Å²) in [4.78, 5) is 16.4. The first-order valence-corrected chi connectivity index (χ1v) is 10.8. The number of rotatable bonds is 8. The van der Waals surface area contributed by atoms with Crippen molar-refractivity contribution in [2.75, 3.05) is 6.61 Å². The number of H-pyrrole nitrogens is 1. The van der Waals surface area contributed by atoms with E-state index in [0.29, 0.717) is 24.2 Å². The van der Waals surface area contributed by atoms with Gasteiger partial charge < -0.3 is 20.6 Å². The topological polar surface area (TPSA) is 133 Å². The summed E-state index contributed by atoms with van der Waals surface area (Å²) in [5.41, 5.74) is 17.0. The Hall–Kier alpha value is -4.43. The second-order valence-corrected chi connectivity index (χ2v) is 8.04. The third kappa shape index (κ3) is 4.39. The normalized spacial score (nSPS) is 12.0. The number of ether oxygens (including phenoxy) is 1. The number of carbonyl (C=O) groups excluding carboxylic acids is 1. The van der Waals surface area contributed by atoms with Crippen molar-refractivity contribution >= 4 is 16.8 Å². The summed E-state index contributed by atoms with van der Waals surface area (Å²) in [6.07, 6.45) is 5.61. The van der Waals surface area contributed by atoms with E-state index < -0.39 is 5.91 Å². The maximum absolute atomic E-state index is 11.8. The third-order valence-electron chi connectivity index (χ3n) is 5.57. The van der Waals surface area contributed by atoms with Crippen LogP contribution in [0.1, 0.15) is 16.1 Å². The van der Waals surface area contributed by atoms with E-state index in [2.05, 4.69) is 15.2 Å². The number of hydrogen-bond donors (Lipinski definition) is 3. The van der Waals surface area contributed by atoms with E-state index in [0.717, 1.165) is 33.5 Å². The molecule has 5 N–H and O–H groups in total. The number of benzene rings is 2. The van der Waals surface area contributed by atoms with Crippen LogP contribution in [0.3, 0.4) is 0 Å². The molecule has 1 atom stereocenters. The minimum absolute atomic E-state index is 0.167. The van der Waals surface area contributed by atoms with Crippen molar-refractivity contribution in [1.29, 1.82) is 0 Å². The summed E-state index contributed by atoms with van der Waals surface area (Å²) in [5, 5.41) is 7.51. The Morgan fingerprint density at radius 2 is 1.94 bits per heavy atom. The third-order valence-corrected chi connectivity index (χ3v) is 5.57. The average Bonchev–Trinajstić information content (AvgIpc) is 3.53. The van der Waals surface area contributed by atoms with Gasteiger partial charge in [-0.05, 0) is 41.8 Å². The first-order valence-electron chi connectivity index (χ1n) is 10.8. The van der Waals surface area contributed by atoms with Crippen LogP contribution in [-0.2, 0) is 6.42 Å². The molecule has 5 aromatic rings. The highest BCUT2D eigenvalue weighted by atomic mass is 16.5. The van der Waals surface area contributed by atoms with Crippen LogP contribution in [0.2, 0.25) is 0 Å². The van der Waals surface area contributed by atoms with Crippen molar-refractivity contribution in [3.8, 4) is 28.1 Å². The molecule has 5 rings (SSSR count). The predicted octanol–water partition coefficient (Wildman–Crippen LogP) is 3.93. The summed E-state index contributed by atoms with van der Waals surface area (Å²) in [7, 11) is 0. The summed E-state index contributed by atoms with van der Waals surface area (Å²) in [6.45, 7) is 0.341. The van der Waals surface area contributed by atoms with Gasteiger partial charge in [-0.15, -0.1) is 0 Å². The SMILES string of the molecule is NC(=O)c1n[nH]c2ccc(-c3cc(OC[C@@H](N)Cc4ccccc4)cnc3-c3ccoc3)cc12. The quantitative estimate of drug-likeness (QED) is 0.326. The summed E-state index contributed by atoms with van der Waals surface area (Å²) in [5.74, 6) is -0.00533. The molecule has 0 radical (unpaired) electrons. The molecule has 0 spiro atoms. The lowest BCUT2D eigenvalue weighted by Gasteiger charge is -2.15. The van der Waals surface area contributed by atoms with Crippen LogP contribution >= 0.6 is 0 Å². The Bertz CT molecular complexity index is 1430. The fourth-order valence-electron chi connectivity index (χ4n) is 3.92. The minimum atomic E-state index is -0.596. The molecule has 8 heteroatoms. The number of nitrogens with one attached hydrogen (secondary N) is 1. The molecule has 3 heterocycles. The number of hydrogen-bond acceptors (Lipinski definition) is 6. The number of furan rings is 1. The number of carbonyl (C=O) groups is 1. The van der Waals surface area contributed by atoms with Crippen LogP contribution < -0.4 is 16.2 Å². The highest BCUT2D eigenvalue weighted by Gasteiger charge is 2.16. The summed E-state index contributed by atoms with van der Waals surface area (Å²) in [6, 6.07) is 19.3. The Morgan fingerprint density at radius 3 is 2.71 bits per heavy atom. The van der Waals surface area contributed by atoms with Gasteiger partial charge in [0.05, 0.1) is 29.9 Å². The molecule has 0 aliphatic heterocycles.